The number of carbonyl (C=O) groups excluding carboxylic acids is 1. The highest BCUT2D eigenvalue weighted by Crippen LogP contribution is 2.16. The van der Waals surface area contributed by atoms with Gasteiger partial charge in [0.15, 0.2) is 5.96 Å². The Balaban J connectivity index is 1.59. The second-order valence-corrected chi connectivity index (χ2v) is 8.44. The molecule has 0 aliphatic carbocycles. The van der Waals surface area contributed by atoms with Crippen molar-refractivity contribution in [2.45, 2.75) is 45.9 Å². The van der Waals surface area contributed by atoms with Crippen molar-refractivity contribution in [2.24, 2.45) is 10.9 Å². The van der Waals surface area contributed by atoms with Gasteiger partial charge in [0, 0.05) is 51.3 Å². The van der Waals surface area contributed by atoms with Gasteiger partial charge in [0.1, 0.15) is 0 Å². The van der Waals surface area contributed by atoms with E-state index in [1.54, 1.807) is 0 Å². The number of ether oxygens (including phenoxy) is 2. The van der Waals surface area contributed by atoms with Crippen LogP contribution >= 0.6 is 0 Å². The third-order valence-electron chi connectivity index (χ3n) is 5.57. The Morgan fingerprint density at radius 2 is 1.93 bits per heavy atom. The number of nitrogens with zero attached hydrogens (tertiary/aromatic N) is 3. The number of hydrogen-bond acceptors (Lipinski definition) is 4. The lowest BCUT2D eigenvalue weighted by Gasteiger charge is -2.35. The van der Waals surface area contributed by atoms with Crippen LogP contribution in [0.25, 0.3) is 0 Å². The Bertz CT molecular complexity index is 706. The Morgan fingerprint density at radius 3 is 2.53 bits per heavy atom. The largest absolute Gasteiger partial charge is 0.381 e. The number of morpholine rings is 1. The van der Waals surface area contributed by atoms with Gasteiger partial charge in [-0.2, -0.15) is 0 Å². The maximum absolute atomic E-state index is 12.8. The highest BCUT2D eigenvalue weighted by atomic mass is 16.5. The Morgan fingerprint density at radius 1 is 1.23 bits per heavy atom. The highest BCUT2D eigenvalue weighted by molar-refractivity contribution is 5.94. The van der Waals surface area contributed by atoms with Crippen molar-refractivity contribution in [3.63, 3.8) is 0 Å². The van der Waals surface area contributed by atoms with E-state index in [1.165, 1.54) is 0 Å². The summed E-state index contributed by atoms with van der Waals surface area (Å²) in [6, 6.07) is 7.81. The monoisotopic (exact) mass is 416 g/mol. The first-order valence-electron chi connectivity index (χ1n) is 11.1. The molecule has 166 valence electrons. The minimum absolute atomic E-state index is 0.0684. The van der Waals surface area contributed by atoms with E-state index in [9.17, 15) is 4.79 Å². The van der Waals surface area contributed by atoms with Crippen LogP contribution in [0.15, 0.2) is 29.3 Å². The number of hydrogen-bond donors (Lipinski definition) is 1. The molecule has 2 heterocycles. The minimum Gasteiger partial charge on any atom is -0.381 e. The van der Waals surface area contributed by atoms with Crippen LogP contribution in [-0.2, 0) is 16.0 Å². The molecule has 3 rings (SSSR count). The van der Waals surface area contributed by atoms with Crippen LogP contribution in [-0.4, -0.2) is 80.3 Å². The molecule has 3 atom stereocenters. The summed E-state index contributed by atoms with van der Waals surface area (Å²) in [7, 11) is 2.08. The second kappa shape index (κ2) is 10.8. The van der Waals surface area contributed by atoms with Gasteiger partial charge in [-0.3, -0.25) is 4.79 Å². The maximum atomic E-state index is 12.8. The fourth-order valence-corrected chi connectivity index (χ4v) is 4.12. The Labute approximate surface area is 180 Å². The van der Waals surface area contributed by atoms with E-state index >= 15 is 0 Å². The van der Waals surface area contributed by atoms with Gasteiger partial charge in [-0.1, -0.05) is 12.1 Å². The lowest BCUT2D eigenvalue weighted by Crippen LogP contribution is -2.48. The fraction of sp³-hybridized carbons (Fsp3) is 0.652. The lowest BCUT2D eigenvalue weighted by atomic mass is 10.1. The lowest BCUT2D eigenvalue weighted by molar-refractivity contribution is -0.0586. The molecule has 2 aliphatic heterocycles. The zero-order valence-electron chi connectivity index (χ0n) is 18.8. The molecule has 2 aliphatic rings. The molecule has 0 aromatic heterocycles. The number of guanidine groups is 1. The molecule has 7 heteroatoms. The summed E-state index contributed by atoms with van der Waals surface area (Å²) in [5, 5.41) is 3.37. The predicted molar refractivity (Wildman–Crippen MR) is 119 cm³/mol. The number of nitrogens with one attached hydrogen (secondary N) is 1. The molecule has 0 saturated carbocycles. The SMILES string of the molecule is CCNC(=NCc1ccc(C(=O)N2CC(C)OC(C)C2)cc1)N(C)CC1CCOC1. The van der Waals surface area contributed by atoms with Crippen LogP contribution in [0.2, 0.25) is 0 Å². The molecule has 1 amide bonds. The maximum Gasteiger partial charge on any atom is 0.254 e. The number of rotatable bonds is 6. The topological polar surface area (TPSA) is 66.4 Å². The number of amides is 1. The summed E-state index contributed by atoms with van der Waals surface area (Å²) in [6.07, 6.45) is 1.26. The summed E-state index contributed by atoms with van der Waals surface area (Å²) in [4.78, 5) is 21.7. The number of benzene rings is 1. The van der Waals surface area contributed by atoms with Crippen molar-refractivity contribution in [3.8, 4) is 0 Å². The molecule has 0 bridgehead atoms. The van der Waals surface area contributed by atoms with Crippen molar-refractivity contribution in [1.82, 2.24) is 15.1 Å². The van der Waals surface area contributed by atoms with Crippen LogP contribution in [0.4, 0.5) is 0 Å². The summed E-state index contributed by atoms with van der Waals surface area (Å²) in [5.41, 5.74) is 1.80. The Hall–Kier alpha value is -2.12. The standard InChI is InChI=1S/C23H36N4O3/c1-5-24-23(26(4)15-20-10-11-29-16-20)25-12-19-6-8-21(9-7-19)22(28)27-13-17(2)30-18(3)14-27/h6-9,17-18,20H,5,10-16H2,1-4H3,(H,24,25). The van der Waals surface area contributed by atoms with Crippen LogP contribution in [0.1, 0.15) is 43.1 Å². The molecule has 1 aromatic carbocycles. The van der Waals surface area contributed by atoms with Gasteiger partial charge in [-0.05, 0) is 44.9 Å². The molecular formula is C23H36N4O3. The van der Waals surface area contributed by atoms with Gasteiger partial charge in [0.05, 0.1) is 25.4 Å². The average Bonchev–Trinajstić information content (AvgIpc) is 3.23. The van der Waals surface area contributed by atoms with Crippen molar-refractivity contribution in [3.05, 3.63) is 35.4 Å². The first-order valence-corrected chi connectivity index (χ1v) is 11.1. The van der Waals surface area contributed by atoms with Crippen LogP contribution in [0, 0.1) is 5.92 Å². The zero-order valence-corrected chi connectivity index (χ0v) is 18.8. The van der Waals surface area contributed by atoms with E-state index in [-0.39, 0.29) is 18.1 Å². The first kappa shape index (κ1) is 22.6. The van der Waals surface area contributed by atoms with Gasteiger partial charge in [-0.25, -0.2) is 4.99 Å². The summed E-state index contributed by atoms with van der Waals surface area (Å²) in [5.74, 6) is 1.54. The van der Waals surface area contributed by atoms with Gasteiger partial charge in [0.2, 0.25) is 0 Å². The number of aliphatic imine (C=N–C) groups is 1. The van der Waals surface area contributed by atoms with Gasteiger partial charge >= 0.3 is 0 Å². The quantitative estimate of drug-likeness (QED) is 0.570. The minimum atomic E-state index is 0.0684. The fourth-order valence-electron chi connectivity index (χ4n) is 4.12. The van der Waals surface area contributed by atoms with Crippen LogP contribution in [0.3, 0.4) is 0 Å². The summed E-state index contributed by atoms with van der Waals surface area (Å²) < 4.78 is 11.2. The molecule has 1 aromatic rings. The van der Waals surface area contributed by atoms with E-state index in [1.807, 2.05) is 43.0 Å². The van der Waals surface area contributed by atoms with Gasteiger partial charge < -0.3 is 24.6 Å². The molecule has 3 unspecified atom stereocenters. The molecule has 2 saturated heterocycles. The third-order valence-corrected chi connectivity index (χ3v) is 5.57. The third kappa shape index (κ3) is 6.19. The van der Waals surface area contributed by atoms with Crippen molar-refractivity contribution in [2.75, 3.05) is 46.4 Å². The Kier molecular flexibility index (Phi) is 8.10. The number of carbonyl (C=O) groups is 1. The smallest absolute Gasteiger partial charge is 0.254 e. The zero-order chi connectivity index (χ0) is 21.5. The molecular weight excluding hydrogens is 380 g/mol. The molecule has 2 fully saturated rings. The van der Waals surface area contributed by atoms with Crippen LogP contribution < -0.4 is 5.32 Å². The van der Waals surface area contributed by atoms with Crippen LogP contribution in [0.5, 0.6) is 0 Å². The van der Waals surface area contributed by atoms with Crippen molar-refractivity contribution < 1.29 is 14.3 Å². The molecule has 7 nitrogen and oxygen atoms in total. The van der Waals surface area contributed by atoms with Crippen molar-refractivity contribution in [1.29, 1.82) is 0 Å². The van der Waals surface area contributed by atoms with E-state index in [4.69, 9.17) is 14.5 Å². The average molecular weight is 417 g/mol. The molecule has 0 spiro atoms. The first-order chi connectivity index (χ1) is 14.5. The van der Waals surface area contributed by atoms with E-state index in [0.717, 1.165) is 44.2 Å². The summed E-state index contributed by atoms with van der Waals surface area (Å²) >= 11 is 0. The predicted octanol–water partition coefficient (Wildman–Crippen LogP) is 2.37. The molecule has 1 N–H and O–H groups in total. The molecule has 30 heavy (non-hydrogen) atoms. The molecule has 0 radical (unpaired) electrons. The summed E-state index contributed by atoms with van der Waals surface area (Å²) in [6.45, 7) is 11.4. The second-order valence-electron chi connectivity index (χ2n) is 8.44. The van der Waals surface area contributed by atoms with Gasteiger partial charge in [-0.15, -0.1) is 0 Å². The van der Waals surface area contributed by atoms with E-state index < -0.39 is 0 Å². The normalized spacial score (nSPS) is 24.7. The highest BCUT2D eigenvalue weighted by Gasteiger charge is 2.26. The van der Waals surface area contributed by atoms with Crippen molar-refractivity contribution >= 4 is 11.9 Å². The van der Waals surface area contributed by atoms with Gasteiger partial charge in [0.25, 0.3) is 5.91 Å². The van der Waals surface area contributed by atoms with E-state index in [0.29, 0.717) is 31.1 Å². The van der Waals surface area contributed by atoms with E-state index in [2.05, 4.69) is 24.2 Å².